The first-order chi connectivity index (χ1) is 8.75. The molecule has 7 heteroatoms. The lowest BCUT2D eigenvalue weighted by Gasteiger charge is -2.14. The van der Waals surface area contributed by atoms with Crippen molar-refractivity contribution < 1.29 is 22.4 Å². The lowest BCUT2D eigenvalue weighted by Crippen LogP contribution is -2.34. The molecule has 1 rings (SSSR count). The predicted octanol–water partition coefficient (Wildman–Crippen LogP) is 2.31. The van der Waals surface area contributed by atoms with E-state index in [1.54, 1.807) is 6.92 Å². The second kappa shape index (κ2) is 6.01. The zero-order chi connectivity index (χ0) is 14.6. The maximum Gasteiger partial charge on any atom is 0.419 e. The number of benzene rings is 1. The average molecular weight is 278 g/mol. The van der Waals surface area contributed by atoms with E-state index < -0.39 is 23.5 Å². The van der Waals surface area contributed by atoms with Crippen molar-refractivity contribution >= 4 is 5.91 Å². The van der Waals surface area contributed by atoms with Crippen LogP contribution in [-0.2, 0) is 6.18 Å². The highest BCUT2D eigenvalue weighted by Crippen LogP contribution is 2.31. The third-order valence-electron chi connectivity index (χ3n) is 2.51. The van der Waals surface area contributed by atoms with E-state index in [1.165, 1.54) is 0 Å². The van der Waals surface area contributed by atoms with Crippen molar-refractivity contribution in [2.24, 2.45) is 5.73 Å². The van der Waals surface area contributed by atoms with Crippen LogP contribution in [0.3, 0.4) is 0 Å². The van der Waals surface area contributed by atoms with Crippen LogP contribution in [0.5, 0.6) is 0 Å². The van der Waals surface area contributed by atoms with Crippen LogP contribution in [0.1, 0.15) is 29.3 Å². The minimum atomic E-state index is -4.83. The van der Waals surface area contributed by atoms with Crippen molar-refractivity contribution in [2.75, 3.05) is 6.54 Å². The maximum atomic E-state index is 13.0. The molecule has 0 aliphatic heterocycles. The summed E-state index contributed by atoms with van der Waals surface area (Å²) in [5.74, 6) is -2.09. The predicted molar refractivity (Wildman–Crippen MR) is 62.0 cm³/mol. The van der Waals surface area contributed by atoms with Crippen molar-refractivity contribution in [1.82, 2.24) is 5.32 Å². The Labute approximate surface area is 107 Å². The summed E-state index contributed by atoms with van der Waals surface area (Å²) in [4.78, 5) is 11.7. The fourth-order valence-corrected chi connectivity index (χ4v) is 1.51. The van der Waals surface area contributed by atoms with Crippen LogP contribution in [0, 0.1) is 5.82 Å². The molecule has 0 heterocycles. The second-order valence-corrected chi connectivity index (χ2v) is 4.14. The van der Waals surface area contributed by atoms with Crippen LogP contribution in [0.15, 0.2) is 18.2 Å². The van der Waals surface area contributed by atoms with Gasteiger partial charge in [0.25, 0.3) is 5.91 Å². The largest absolute Gasteiger partial charge is 0.419 e. The van der Waals surface area contributed by atoms with Gasteiger partial charge < -0.3 is 11.1 Å². The first kappa shape index (κ1) is 15.4. The number of halogens is 4. The Bertz CT molecular complexity index is 460. The first-order valence-electron chi connectivity index (χ1n) is 5.63. The quantitative estimate of drug-likeness (QED) is 0.830. The van der Waals surface area contributed by atoms with Crippen molar-refractivity contribution in [2.45, 2.75) is 25.6 Å². The molecular weight excluding hydrogens is 264 g/mol. The Morgan fingerprint density at radius 1 is 1.42 bits per heavy atom. The van der Waals surface area contributed by atoms with Crippen LogP contribution < -0.4 is 11.1 Å². The van der Waals surface area contributed by atoms with Crippen LogP contribution in [0.25, 0.3) is 0 Å². The van der Waals surface area contributed by atoms with Gasteiger partial charge in [-0.25, -0.2) is 4.39 Å². The lowest BCUT2D eigenvalue weighted by atomic mass is 10.1. The highest BCUT2D eigenvalue weighted by atomic mass is 19.4. The number of alkyl halides is 3. The van der Waals surface area contributed by atoms with Crippen molar-refractivity contribution in [3.63, 3.8) is 0 Å². The Balaban J connectivity index is 2.93. The molecule has 0 saturated carbocycles. The van der Waals surface area contributed by atoms with Gasteiger partial charge in [0.05, 0.1) is 5.56 Å². The topological polar surface area (TPSA) is 55.1 Å². The van der Waals surface area contributed by atoms with Crippen molar-refractivity contribution in [3.8, 4) is 0 Å². The lowest BCUT2D eigenvalue weighted by molar-refractivity contribution is -0.140. The molecule has 1 amide bonds. The molecular formula is C12H14F4N2O. The Morgan fingerprint density at radius 3 is 2.58 bits per heavy atom. The number of hydrogen-bond acceptors (Lipinski definition) is 2. The van der Waals surface area contributed by atoms with Crippen LogP contribution in [0.4, 0.5) is 17.6 Å². The van der Waals surface area contributed by atoms with E-state index in [4.69, 9.17) is 5.73 Å². The summed E-state index contributed by atoms with van der Waals surface area (Å²) in [6.45, 7) is 2.03. The standard InChI is InChI=1S/C12H14F4N2O/c1-7(4-5-17)18-11(19)8-2-3-10(13)9(6-8)12(14,15)16/h2-3,6-7H,4-5,17H2,1H3,(H,18,19). The number of rotatable bonds is 4. The minimum Gasteiger partial charge on any atom is -0.350 e. The number of carbonyl (C=O) groups excluding carboxylic acids is 1. The molecule has 106 valence electrons. The van der Waals surface area contributed by atoms with E-state index in [9.17, 15) is 22.4 Å². The summed E-state index contributed by atoms with van der Waals surface area (Å²) < 4.78 is 50.5. The molecule has 19 heavy (non-hydrogen) atoms. The minimum absolute atomic E-state index is 0.238. The van der Waals surface area contributed by atoms with Crippen LogP contribution in [0.2, 0.25) is 0 Å². The summed E-state index contributed by atoms with van der Waals surface area (Å²) >= 11 is 0. The average Bonchev–Trinajstić information content (AvgIpc) is 2.27. The van der Waals surface area contributed by atoms with Gasteiger partial charge in [-0.3, -0.25) is 4.79 Å². The number of carbonyl (C=O) groups is 1. The zero-order valence-electron chi connectivity index (χ0n) is 10.2. The number of amides is 1. The summed E-state index contributed by atoms with van der Waals surface area (Å²) in [6.07, 6.45) is -4.33. The molecule has 0 saturated heterocycles. The van der Waals surface area contributed by atoms with Gasteiger partial charge in [-0.2, -0.15) is 13.2 Å². The van der Waals surface area contributed by atoms with Crippen LogP contribution >= 0.6 is 0 Å². The van der Waals surface area contributed by atoms with E-state index in [0.29, 0.717) is 25.1 Å². The van der Waals surface area contributed by atoms with Crippen molar-refractivity contribution in [1.29, 1.82) is 0 Å². The molecule has 1 atom stereocenters. The van der Waals surface area contributed by atoms with Gasteiger partial charge in [0.1, 0.15) is 5.82 Å². The maximum absolute atomic E-state index is 13.0. The molecule has 0 aliphatic carbocycles. The van der Waals surface area contributed by atoms with Gasteiger partial charge in [-0.05, 0) is 38.1 Å². The molecule has 0 bridgehead atoms. The van der Waals surface area contributed by atoms with Gasteiger partial charge in [0, 0.05) is 11.6 Å². The smallest absolute Gasteiger partial charge is 0.350 e. The van der Waals surface area contributed by atoms with E-state index >= 15 is 0 Å². The summed E-state index contributed by atoms with van der Waals surface area (Å²) in [7, 11) is 0. The summed E-state index contributed by atoms with van der Waals surface area (Å²) in [5.41, 5.74) is 3.60. The van der Waals surface area contributed by atoms with E-state index in [1.807, 2.05) is 0 Å². The highest BCUT2D eigenvalue weighted by Gasteiger charge is 2.34. The highest BCUT2D eigenvalue weighted by molar-refractivity contribution is 5.94. The molecule has 0 spiro atoms. The monoisotopic (exact) mass is 278 g/mol. The molecule has 0 fully saturated rings. The molecule has 3 N–H and O–H groups in total. The second-order valence-electron chi connectivity index (χ2n) is 4.14. The van der Waals surface area contributed by atoms with Gasteiger partial charge in [0.2, 0.25) is 0 Å². The van der Waals surface area contributed by atoms with E-state index in [-0.39, 0.29) is 11.6 Å². The summed E-state index contributed by atoms with van der Waals surface area (Å²) in [5, 5.41) is 2.49. The first-order valence-corrected chi connectivity index (χ1v) is 5.63. The molecule has 1 aromatic rings. The SMILES string of the molecule is CC(CCN)NC(=O)c1ccc(F)c(C(F)(F)F)c1. The van der Waals surface area contributed by atoms with Gasteiger partial charge >= 0.3 is 6.18 Å². The van der Waals surface area contributed by atoms with E-state index in [2.05, 4.69) is 5.32 Å². The normalized spacial score (nSPS) is 13.2. The van der Waals surface area contributed by atoms with Gasteiger partial charge in [-0.1, -0.05) is 0 Å². The fraction of sp³-hybridized carbons (Fsp3) is 0.417. The Kier molecular flexibility index (Phi) is 4.88. The molecule has 3 nitrogen and oxygen atoms in total. The molecule has 1 unspecified atom stereocenters. The van der Waals surface area contributed by atoms with Crippen LogP contribution in [-0.4, -0.2) is 18.5 Å². The number of hydrogen-bond donors (Lipinski definition) is 2. The Hall–Kier alpha value is -1.63. The zero-order valence-corrected chi connectivity index (χ0v) is 10.2. The Morgan fingerprint density at radius 2 is 2.05 bits per heavy atom. The van der Waals surface area contributed by atoms with E-state index in [0.717, 1.165) is 6.07 Å². The third kappa shape index (κ3) is 4.20. The third-order valence-corrected chi connectivity index (χ3v) is 2.51. The molecule has 0 aliphatic rings. The molecule has 1 aromatic carbocycles. The molecule has 0 radical (unpaired) electrons. The number of nitrogens with two attached hydrogens (primary N) is 1. The van der Waals surface area contributed by atoms with Gasteiger partial charge in [0.15, 0.2) is 0 Å². The summed E-state index contributed by atoms with van der Waals surface area (Å²) in [6, 6.07) is 1.87. The number of nitrogens with one attached hydrogen (secondary N) is 1. The van der Waals surface area contributed by atoms with Gasteiger partial charge in [-0.15, -0.1) is 0 Å². The molecule has 0 aromatic heterocycles. The van der Waals surface area contributed by atoms with Crippen molar-refractivity contribution in [3.05, 3.63) is 35.1 Å². The fourth-order valence-electron chi connectivity index (χ4n) is 1.51.